The molecule has 76 valence electrons. The van der Waals surface area contributed by atoms with E-state index in [2.05, 4.69) is 16.9 Å². The van der Waals surface area contributed by atoms with Crippen LogP contribution in [-0.4, -0.2) is 24.2 Å². The number of carbonyl (C=O) groups excluding carboxylic acids is 2. The molecule has 4 nitrogen and oxygen atoms in total. The van der Waals surface area contributed by atoms with Crippen molar-refractivity contribution in [1.29, 1.82) is 0 Å². The molecule has 1 saturated carbocycles. The Bertz CT molecular complexity index is 290. The average Bonchev–Trinajstić information content (AvgIpc) is 2.18. The minimum atomic E-state index is -0.197. The third kappa shape index (κ3) is 2.16. The van der Waals surface area contributed by atoms with E-state index in [1.165, 1.54) is 0 Å². The second-order valence-electron chi connectivity index (χ2n) is 3.91. The normalized spacial score (nSPS) is 36.7. The van der Waals surface area contributed by atoms with Crippen molar-refractivity contribution in [1.82, 2.24) is 0 Å². The van der Waals surface area contributed by atoms with Gasteiger partial charge in [-0.3, -0.25) is 0 Å². The van der Waals surface area contributed by atoms with Crippen LogP contribution in [0.2, 0.25) is 0 Å². The highest BCUT2D eigenvalue weighted by molar-refractivity contribution is 5.36. The number of hydrogen-bond donors (Lipinski definition) is 0. The van der Waals surface area contributed by atoms with Gasteiger partial charge in [0.1, 0.15) is 0 Å². The maximum absolute atomic E-state index is 10.2. The zero-order valence-corrected chi connectivity index (χ0v) is 8.43. The molecule has 0 spiro atoms. The van der Waals surface area contributed by atoms with Crippen LogP contribution < -0.4 is 0 Å². The van der Waals surface area contributed by atoms with Crippen LogP contribution in [-0.2, 0) is 9.59 Å². The van der Waals surface area contributed by atoms with Gasteiger partial charge in [0.05, 0.1) is 12.1 Å². The number of isocyanates is 2. The van der Waals surface area contributed by atoms with Crippen molar-refractivity contribution >= 4 is 12.2 Å². The molecule has 0 N–H and O–H groups in total. The lowest BCUT2D eigenvalue weighted by atomic mass is 9.76. The molecule has 0 amide bonds. The predicted octanol–water partition coefficient (Wildman–Crippen LogP) is 1.46. The van der Waals surface area contributed by atoms with Crippen molar-refractivity contribution in [3.05, 3.63) is 0 Å². The molecule has 0 aliphatic heterocycles. The van der Waals surface area contributed by atoms with Gasteiger partial charge >= 0.3 is 0 Å². The summed E-state index contributed by atoms with van der Waals surface area (Å²) < 4.78 is 0. The molecule has 0 aromatic heterocycles. The highest BCUT2D eigenvalue weighted by Crippen LogP contribution is 2.33. The second kappa shape index (κ2) is 4.85. The molecular formula is C10H14N2O2. The van der Waals surface area contributed by atoms with Gasteiger partial charge in [-0.1, -0.05) is 13.8 Å². The Kier molecular flexibility index (Phi) is 3.75. The SMILES string of the molecule is CC1CCC(N=C=O)C(N=C=O)C1C. The van der Waals surface area contributed by atoms with Crippen molar-refractivity contribution in [2.45, 2.75) is 38.8 Å². The summed E-state index contributed by atoms with van der Waals surface area (Å²) in [4.78, 5) is 27.8. The molecule has 14 heavy (non-hydrogen) atoms. The van der Waals surface area contributed by atoms with E-state index in [0.717, 1.165) is 12.8 Å². The van der Waals surface area contributed by atoms with E-state index in [4.69, 9.17) is 0 Å². The van der Waals surface area contributed by atoms with Crippen LogP contribution in [0.4, 0.5) is 0 Å². The summed E-state index contributed by atoms with van der Waals surface area (Å²) in [5.41, 5.74) is 0. The van der Waals surface area contributed by atoms with Gasteiger partial charge in [0.25, 0.3) is 0 Å². The molecular weight excluding hydrogens is 180 g/mol. The zero-order chi connectivity index (χ0) is 10.6. The van der Waals surface area contributed by atoms with Crippen LogP contribution in [0.3, 0.4) is 0 Å². The van der Waals surface area contributed by atoms with Crippen LogP contribution >= 0.6 is 0 Å². The molecule has 1 fully saturated rings. The van der Waals surface area contributed by atoms with Gasteiger partial charge in [-0.15, -0.1) is 0 Å². The number of aliphatic imine (C=N–C) groups is 2. The van der Waals surface area contributed by atoms with E-state index in [9.17, 15) is 9.59 Å². The zero-order valence-electron chi connectivity index (χ0n) is 8.43. The van der Waals surface area contributed by atoms with Crippen molar-refractivity contribution in [3.8, 4) is 0 Å². The fourth-order valence-corrected chi connectivity index (χ4v) is 2.03. The van der Waals surface area contributed by atoms with Gasteiger partial charge in [-0.2, -0.15) is 4.99 Å². The van der Waals surface area contributed by atoms with Crippen molar-refractivity contribution < 1.29 is 9.59 Å². The van der Waals surface area contributed by atoms with Crippen molar-refractivity contribution in [2.24, 2.45) is 21.8 Å². The Morgan fingerprint density at radius 2 is 1.71 bits per heavy atom. The first-order valence-corrected chi connectivity index (χ1v) is 4.84. The van der Waals surface area contributed by atoms with E-state index < -0.39 is 0 Å². The first-order valence-electron chi connectivity index (χ1n) is 4.84. The monoisotopic (exact) mass is 194 g/mol. The van der Waals surface area contributed by atoms with Gasteiger partial charge in [0.2, 0.25) is 12.2 Å². The van der Waals surface area contributed by atoms with E-state index >= 15 is 0 Å². The van der Waals surface area contributed by atoms with E-state index in [-0.39, 0.29) is 18.0 Å². The standard InChI is InChI=1S/C10H14N2O2/c1-7-3-4-9(11-5-13)10(8(7)2)12-6-14/h7-10H,3-4H2,1-2H3. The van der Waals surface area contributed by atoms with Gasteiger partial charge < -0.3 is 0 Å². The molecule has 1 aliphatic rings. The summed E-state index contributed by atoms with van der Waals surface area (Å²) in [5.74, 6) is 0.780. The minimum Gasteiger partial charge on any atom is -0.211 e. The van der Waals surface area contributed by atoms with Gasteiger partial charge in [0, 0.05) is 0 Å². The topological polar surface area (TPSA) is 58.9 Å². The first-order chi connectivity index (χ1) is 6.70. The first kappa shape index (κ1) is 10.8. The molecule has 4 atom stereocenters. The lowest BCUT2D eigenvalue weighted by Crippen LogP contribution is -2.37. The lowest BCUT2D eigenvalue weighted by Gasteiger charge is -2.34. The van der Waals surface area contributed by atoms with E-state index in [1.54, 1.807) is 12.2 Å². The van der Waals surface area contributed by atoms with Crippen LogP contribution in [0.15, 0.2) is 9.98 Å². The Balaban J connectivity index is 2.86. The van der Waals surface area contributed by atoms with Gasteiger partial charge in [-0.25, -0.2) is 14.6 Å². The highest BCUT2D eigenvalue weighted by atomic mass is 16.1. The van der Waals surface area contributed by atoms with Crippen molar-refractivity contribution in [3.63, 3.8) is 0 Å². The fourth-order valence-electron chi connectivity index (χ4n) is 2.03. The maximum Gasteiger partial charge on any atom is 0.235 e. The third-order valence-electron chi connectivity index (χ3n) is 3.17. The van der Waals surface area contributed by atoms with Crippen LogP contribution in [0.5, 0.6) is 0 Å². The highest BCUT2D eigenvalue weighted by Gasteiger charge is 2.34. The number of rotatable bonds is 2. The smallest absolute Gasteiger partial charge is 0.211 e. The summed E-state index contributed by atoms with van der Waals surface area (Å²) in [6, 6.07) is -0.377. The third-order valence-corrected chi connectivity index (χ3v) is 3.17. The summed E-state index contributed by atoms with van der Waals surface area (Å²) in [6.07, 6.45) is 4.93. The molecule has 0 aromatic carbocycles. The fraction of sp³-hybridized carbons (Fsp3) is 0.800. The Morgan fingerprint density at radius 3 is 2.29 bits per heavy atom. The summed E-state index contributed by atoms with van der Waals surface area (Å²) in [5, 5.41) is 0. The Hall–Kier alpha value is -1.24. The van der Waals surface area contributed by atoms with Crippen LogP contribution in [0.1, 0.15) is 26.7 Å². The van der Waals surface area contributed by atoms with E-state index in [1.807, 2.05) is 6.92 Å². The Morgan fingerprint density at radius 1 is 1.07 bits per heavy atom. The molecule has 0 saturated heterocycles. The van der Waals surface area contributed by atoms with Crippen molar-refractivity contribution in [2.75, 3.05) is 0 Å². The number of hydrogen-bond acceptors (Lipinski definition) is 4. The Labute approximate surface area is 83.1 Å². The molecule has 0 radical (unpaired) electrons. The average molecular weight is 194 g/mol. The molecule has 0 heterocycles. The van der Waals surface area contributed by atoms with E-state index in [0.29, 0.717) is 5.92 Å². The number of nitrogens with zero attached hydrogens (tertiary/aromatic N) is 2. The predicted molar refractivity (Wildman–Crippen MR) is 51.4 cm³/mol. The molecule has 4 heteroatoms. The summed E-state index contributed by atoms with van der Waals surface area (Å²) in [7, 11) is 0. The van der Waals surface area contributed by atoms with Crippen LogP contribution in [0.25, 0.3) is 0 Å². The largest absolute Gasteiger partial charge is 0.235 e. The quantitative estimate of drug-likeness (QED) is 0.493. The molecule has 1 rings (SSSR count). The molecule has 1 aliphatic carbocycles. The molecule has 4 unspecified atom stereocenters. The molecule has 0 aromatic rings. The lowest BCUT2D eigenvalue weighted by molar-refractivity contribution is 0.216. The maximum atomic E-state index is 10.2. The van der Waals surface area contributed by atoms with Crippen LogP contribution in [0, 0.1) is 11.8 Å². The van der Waals surface area contributed by atoms with Gasteiger partial charge in [0.15, 0.2) is 0 Å². The second-order valence-corrected chi connectivity index (χ2v) is 3.91. The van der Waals surface area contributed by atoms with Gasteiger partial charge in [-0.05, 0) is 24.7 Å². The summed E-state index contributed by atoms with van der Waals surface area (Å²) >= 11 is 0. The minimum absolute atomic E-state index is 0.180. The summed E-state index contributed by atoms with van der Waals surface area (Å²) in [6.45, 7) is 4.15. The molecule has 0 bridgehead atoms.